The molecule has 1 fully saturated rings. The van der Waals surface area contributed by atoms with Gasteiger partial charge in [-0.1, -0.05) is 33.1 Å². The lowest BCUT2D eigenvalue weighted by atomic mass is 9.80. The molecule has 0 aromatic heterocycles. The van der Waals surface area contributed by atoms with Gasteiger partial charge in [0.2, 0.25) is 0 Å². The molecule has 1 rings (SSSR count). The first-order valence-electron chi connectivity index (χ1n) is 6.02. The summed E-state index contributed by atoms with van der Waals surface area (Å²) in [6.45, 7) is 5.47. The van der Waals surface area contributed by atoms with Gasteiger partial charge in [0.15, 0.2) is 0 Å². The van der Waals surface area contributed by atoms with Crippen LogP contribution in [-0.4, -0.2) is 12.4 Å². The van der Waals surface area contributed by atoms with Crippen molar-refractivity contribution >= 4 is 5.84 Å². The molecule has 0 amide bonds. The Bertz CT molecular complexity index is 187. The standard InChI is InChI=1S/C12H24N2/c1-3-6-12(13)14-9-11-8-5-4-7-10(11)2/h10-11H,3-9H2,1-2H3,(H2,13,14). The number of nitrogens with zero attached hydrogens (tertiary/aromatic N) is 1. The van der Waals surface area contributed by atoms with E-state index in [2.05, 4.69) is 18.8 Å². The summed E-state index contributed by atoms with van der Waals surface area (Å²) in [5.41, 5.74) is 5.80. The highest BCUT2D eigenvalue weighted by Gasteiger charge is 2.20. The Hall–Kier alpha value is -0.530. The van der Waals surface area contributed by atoms with Gasteiger partial charge < -0.3 is 5.73 Å². The number of aliphatic imine (C=N–C) groups is 1. The van der Waals surface area contributed by atoms with Gasteiger partial charge in [0.1, 0.15) is 0 Å². The molecule has 2 nitrogen and oxygen atoms in total. The van der Waals surface area contributed by atoms with E-state index in [1.165, 1.54) is 25.7 Å². The molecule has 0 spiro atoms. The highest BCUT2D eigenvalue weighted by atomic mass is 14.8. The first-order chi connectivity index (χ1) is 6.74. The van der Waals surface area contributed by atoms with Crippen LogP contribution in [0, 0.1) is 11.8 Å². The Kier molecular flexibility index (Phi) is 4.99. The van der Waals surface area contributed by atoms with E-state index in [4.69, 9.17) is 5.73 Å². The number of hydrogen-bond acceptors (Lipinski definition) is 1. The van der Waals surface area contributed by atoms with E-state index < -0.39 is 0 Å². The molecule has 1 saturated carbocycles. The van der Waals surface area contributed by atoms with Crippen molar-refractivity contribution in [3.8, 4) is 0 Å². The summed E-state index contributed by atoms with van der Waals surface area (Å²) in [6, 6.07) is 0. The van der Waals surface area contributed by atoms with E-state index in [0.717, 1.165) is 37.1 Å². The van der Waals surface area contributed by atoms with Gasteiger partial charge in [0.25, 0.3) is 0 Å². The molecular weight excluding hydrogens is 172 g/mol. The maximum atomic E-state index is 5.80. The molecule has 0 aliphatic heterocycles. The van der Waals surface area contributed by atoms with E-state index >= 15 is 0 Å². The number of amidine groups is 1. The molecule has 1 aliphatic carbocycles. The van der Waals surface area contributed by atoms with Crippen molar-refractivity contribution in [3.63, 3.8) is 0 Å². The maximum absolute atomic E-state index is 5.80. The Balaban J connectivity index is 2.31. The number of hydrogen-bond donors (Lipinski definition) is 1. The molecule has 0 aromatic rings. The second-order valence-electron chi connectivity index (χ2n) is 4.60. The SMILES string of the molecule is CCCC(N)=NCC1CCCCC1C. The minimum Gasteiger partial charge on any atom is -0.387 e. The molecule has 2 heteroatoms. The fourth-order valence-corrected chi connectivity index (χ4v) is 2.23. The van der Waals surface area contributed by atoms with Crippen molar-refractivity contribution in [1.29, 1.82) is 0 Å². The maximum Gasteiger partial charge on any atom is 0.0937 e. The average molecular weight is 196 g/mol. The van der Waals surface area contributed by atoms with E-state index in [1.807, 2.05) is 0 Å². The molecule has 82 valence electrons. The van der Waals surface area contributed by atoms with Gasteiger partial charge in [0.05, 0.1) is 5.84 Å². The third kappa shape index (κ3) is 3.69. The van der Waals surface area contributed by atoms with Crippen LogP contribution in [0.15, 0.2) is 4.99 Å². The van der Waals surface area contributed by atoms with Crippen LogP contribution in [0.2, 0.25) is 0 Å². The second kappa shape index (κ2) is 6.05. The Labute approximate surface area is 88.0 Å². The molecule has 2 atom stereocenters. The fourth-order valence-electron chi connectivity index (χ4n) is 2.23. The van der Waals surface area contributed by atoms with Crippen LogP contribution in [0.5, 0.6) is 0 Å². The van der Waals surface area contributed by atoms with Crippen molar-refractivity contribution < 1.29 is 0 Å². The third-order valence-electron chi connectivity index (χ3n) is 3.32. The molecule has 0 heterocycles. The first-order valence-corrected chi connectivity index (χ1v) is 6.02. The zero-order valence-electron chi connectivity index (χ0n) is 9.63. The predicted octanol–water partition coefficient (Wildman–Crippen LogP) is 2.97. The van der Waals surface area contributed by atoms with Crippen LogP contribution >= 0.6 is 0 Å². The van der Waals surface area contributed by atoms with Crippen molar-refractivity contribution in [2.45, 2.75) is 52.4 Å². The monoisotopic (exact) mass is 196 g/mol. The van der Waals surface area contributed by atoms with Gasteiger partial charge in [-0.25, -0.2) is 0 Å². The van der Waals surface area contributed by atoms with Gasteiger partial charge in [0, 0.05) is 13.0 Å². The molecule has 0 aromatic carbocycles. The summed E-state index contributed by atoms with van der Waals surface area (Å²) in [7, 11) is 0. The summed E-state index contributed by atoms with van der Waals surface area (Å²) in [5, 5.41) is 0. The van der Waals surface area contributed by atoms with Crippen LogP contribution in [-0.2, 0) is 0 Å². The molecule has 0 bridgehead atoms. The van der Waals surface area contributed by atoms with Gasteiger partial charge >= 0.3 is 0 Å². The third-order valence-corrected chi connectivity index (χ3v) is 3.32. The van der Waals surface area contributed by atoms with Crippen LogP contribution in [0.4, 0.5) is 0 Å². The van der Waals surface area contributed by atoms with Crippen molar-refractivity contribution in [1.82, 2.24) is 0 Å². The van der Waals surface area contributed by atoms with Crippen molar-refractivity contribution in [2.24, 2.45) is 22.6 Å². The van der Waals surface area contributed by atoms with E-state index in [9.17, 15) is 0 Å². The van der Waals surface area contributed by atoms with Crippen molar-refractivity contribution in [2.75, 3.05) is 6.54 Å². The van der Waals surface area contributed by atoms with E-state index in [0.29, 0.717) is 0 Å². The molecule has 0 radical (unpaired) electrons. The molecule has 2 N–H and O–H groups in total. The van der Waals surface area contributed by atoms with Crippen LogP contribution in [0.1, 0.15) is 52.4 Å². The number of nitrogens with two attached hydrogens (primary N) is 1. The largest absolute Gasteiger partial charge is 0.387 e. The normalized spacial score (nSPS) is 29.1. The second-order valence-corrected chi connectivity index (χ2v) is 4.60. The highest BCUT2D eigenvalue weighted by Crippen LogP contribution is 2.29. The van der Waals surface area contributed by atoms with Crippen LogP contribution in [0.3, 0.4) is 0 Å². The lowest BCUT2D eigenvalue weighted by molar-refractivity contribution is 0.264. The quantitative estimate of drug-likeness (QED) is 0.545. The van der Waals surface area contributed by atoms with Crippen LogP contribution in [0.25, 0.3) is 0 Å². The molecular formula is C12H24N2. The zero-order valence-corrected chi connectivity index (χ0v) is 9.63. The summed E-state index contributed by atoms with van der Waals surface area (Å²) in [6.07, 6.45) is 7.60. The smallest absolute Gasteiger partial charge is 0.0937 e. The fraction of sp³-hybridized carbons (Fsp3) is 0.917. The number of rotatable bonds is 4. The summed E-state index contributed by atoms with van der Waals surface area (Å²) in [4.78, 5) is 4.48. The highest BCUT2D eigenvalue weighted by molar-refractivity contribution is 5.80. The van der Waals surface area contributed by atoms with E-state index in [-0.39, 0.29) is 0 Å². The first kappa shape index (κ1) is 11.5. The Morgan fingerprint density at radius 1 is 1.36 bits per heavy atom. The Morgan fingerprint density at radius 3 is 2.71 bits per heavy atom. The van der Waals surface area contributed by atoms with Crippen molar-refractivity contribution in [3.05, 3.63) is 0 Å². The van der Waals surface area contributed by atoms with Crippen LogP contribution < -0.4 is 5.73 Å². The predicted molar refractivity (Wildman–Crippen MR) is 62.5 cm³/mol. The molecule has 2 unspecified atom stereocenters. The van der Waals surface area contributed by atoms with Gasteiger partial charge in [-0.3, -0.25) is 4.99 Å². The lowest BCUT2D eigenvalue weighted by Gasteiger charge is -2.27. The minimum atomic E-state index is 0.791. The molecule has 1 aliphatic rings. The van der Waals surface area contributed by atoms with Gasteiger partial charge in [-0.2, -0.15) is 0 Å². The minimum absolute atomic E-state index is 0.791. The summed E-state index contributed by atoms with van der Waals surface area (Å²) < 4.78 is 0. The van der Waals surface area contributed by atoms with Gasteiger partial charge in [-0.15, -0.1) is 0 Å². The summed E-state index contributed by atoms with van der Waals surface area (Å²) >= 11 is 0. The average Bonchev–Trinajstić information content (AvgIpc) is 2.17. The Morgan fingerprint density at radius 2 is 2.07 bits per heavy atom. The van der Waals surface area contributed by atoms with E-state index in [1.54, 1.807) is 0 Å². The zero-order chi connectivity index (χ0) is 10.4. The molecule has 14 heavy (non-hydrogen) atoms. The lowest BCUT2D eigenvalue weighted by Crippen LogP contribution is -2.21. The summed E-state index contributed by atoms with van der Waals surface area (Å²) in [5.74, 6) is 2.49. The van der Waals surface area contributed by atoms with Gasteiger partial charge in [-0.05, 0) is 24.7 Å². The molecule has 0 saturated heterocycles. The topological polar surface area (TPSA) is 38.4 Å².